The molecule has 0 atom stereocenters. The lowest BCUT2D eigenvalue weighted by atomic mass is 10.2. The zero-order valence-corrected chi connectivity index (χ0v) is 13.6. The first-order valence-electron chi connectivity index (χ1n) is 8.08. The Kier molecular flexibility index (Phi) is 5.11. The minimum Gasteiger partial charge on any atom is -0.357 e. The number of nitrogens with zero attached hydrogens (tertiary/aromatic N) is 1. The molecule has 0 radical (unpaired) electrons. The summed E-state index contributed by atoms with van der Waals surface area (Å²) in [5.74, 6) is 0.437. The number of benzene rings is 2. The molecule has 0 fully saturated rings. The number of rotatable bonds is 5. The summed E-state index contributed by atoms with van der Waals surface area (Å²) in [5.41, 5.74) is 2.77. The number of fused-ring (bicyclic) bond motifs is 1. The molecule has 0 aliphatic carbocycles. The van der Waals surface area contributed by atoms with E-state index in [4.69, 9.17) is 0 Å². The standard InChI is InChI=1S/C19H21FN4/c1-2-21-19(22-12-15-8-3-5-9-17(15)20)23-13-16-11-14-7-4-6-10-18(14)24-16/h3-11,24H,2,12-13H2,1H3,(H2,21,22,23). The van der Waals surface area contributed by atoms with Crippen LogP contribution in [0.1, 0.15) is 18.2 Å². The Balaban J connectivity index is 1.67. The molecule has 24 heavy (non-hydrogen) atoms. The van der Waals surface area contributed by atoms with Crippen LogP contribution in [0.2, 0.25) is 0 Å². The van der Waals surface area contributed by atoms with Gasteiger partial charge in [-0.25, -0.2) is 9.38 Å². The van der Waals surface area contributed by atoms with Crippen molar-refractivity contribution in [3.05, 3.63) is 71.7 Å². The SMILES string of the molecule is CCNC(=NCc1ccccc1F)NCc1cc2ccccc2[nH]1. The maximum atomic E-state index is 13.7. The van der Waals surface area contributed by atoms with Crippen molar-refractivity contribution in [2.24, 2.45) is 4.99 Å². The number of aromatic amines is 1. The van der Waals surface area contributed by atoms with E-state index in [-0.39, 0.29) is 5.82 Å². The fourth-order valence-electron chi connectivity index (χ4n) is 2.54. The second-order valence-electron chi connectivity index (χ2n) is 5.52. The Morgan fingerprint density at radius 3 is 2.67 bits per heavy atom. The third-order valence-electron chi connectivity index (χ3n) is 3.74. The molecule has 0 aliphatic heterocycles. The van der Waals surface area contributed by atoms with Gasteiger partial charge in [0.2, 0.25) is 0 Å². The molecule has 0 spiro atoms. The molecule has 124 valence electrons. The summed E-state index contributed by atoms with van der Waals surface area (Å²) in [7, 11) is 0. The van der Waals surface area contributed by atoms with Crippen LogP contribution in [0.5, 0.6) is 0 Å². The predicted molar refractivity (Wildman–Crippen MR) is 96.4 cm³/mol. The molecule has 3 rings (SSSR count). The van der Waals surface area contributed by atoms with Crippen LogP contribution in [0.25, 0.3) is 10.9 Å². The van der Waals surface area contributed by atoms with Gasteiger partial charge in [0.15, 0.2) is 5.96 Å². The highest BCUT2D eigenvalue weighted by Gasteiger charge is 2.03. The van der Waals surface area contributed by atoms with E-state index in [1.165, 1.54) is 11.5 Å². The minimum atomic E-state index is -0.229. The van der Waals surface area contributed by atoms with E-state index in [2.05, 4.69) is 38.8 Å². The number of nitrogens with one attached hydrogen (secondary N) is 3. The minimum absolute atomic E-state index is 0.229. The van der Waals surface area contributed by atoms with E-state index in [0.29, 0.717) is 24.6 Å². The van der Waals surface area contributed by atoms with Crippen LogP contribution in [0, 0.1) is 5.82 Å². The Morgan fingerprint density at radius 1 is 1.08 bits per heavy atom. The highest BCUT2D eigenvalue weighted by molar-refractivity contribution is 5.81. The van der Waals surface area contributed by atoms with Gasteiger partial charge in [-0.15, -0.1) is 0 Å². The van der Waals surface area contributed by atoms with Gasteiger partial charge in [0.05, 0.1) is 13.1 Å². The van der Waals surface area contributed by atoms with Crippen molar-refractivity contribution < 1.29 is 4.39 Å². The van der Waals surface area contributed by atoms with Gasteiger partial charge in [-0.2, -0.15) is 0 Å². The summed E-state index contributed by atoms with van der Waals surface area (Å²) in [6, 6.07) is 17.0. The average molecular weight is 324 g/mol. The van der Waals surface area contributed by atoms with Crippen molar-refractivity contribution >= 4 is 16.9 Å². The largest absolute Gasteiger partial charge is 0.357 e. The predicted octanol–water partition coefficient (Wildman–Crippen LogP) is 3.56. The van der Waals surface area contributed by atoms with Crippen LogP contribution in [-0.4, -0.2) is 17.5 Å². The zero-order valence-electron chi connectivity index (χ0n) is 13.6. The Bertz CT molecular complexity index is 805. The fraction of sp³-hybridized carbons (Fsp3) is 0.211. The Hall–Kier alpha value is -2.82. The average Bonchev–Trinajstić information content (AvgIpc) is 3.01. The molecular weight excluding hydrogens is 303 g/mol. The molecule has 4 nitrogen and oxygen atoms in total. The Labute approximate surface area is 140 Å². The van der Waals surface area contributed by atoms with Gasteiger partial charge in [-0.3, -0.25) is 0 Å². The van der Waals surface area contributed by atoms with E-state index in [9.17, 15) is 4.39 Å². The van der Waals surface area contributed by atoms with Crippen molar-refractivity contribution in [2.45, 2.75) is 20.0 Å². The van der Waals surface area contributed by atoms with Gasteiger partial charge in [0, 0.05) is 23.3 Å². The summed E-state index contributed by atoms with van der Waals surface area (Å²) in [6.07, 6.45) is 0. The van der Waals surface area contributed by atoms with Crippen LogP contribution < -0.4 is 10.6 Å². The highest BCUT2D eigenvalue weighted by Crippen LogP contribution is 2.14. The zero-order chi connectivity index (χ0) is 16.8. The molecule has 0 aliphatic rings. The number of aliphatic imine (C=N–C) groups is 1. The molecule has 0 unspecified atom stereocenters. The summed E-state index contributed by atoms with van der Waals surface area (Å²) in [4.78, 5) is 7.82. The number of hydrogen-bond acceptors (Lipinski definition) is 1. The first kappa shape index (κ1) is 16.1. The fourth-order valence-corrected chi connectivity index (χ4v) is 2.54. The Morgan fingerprint density at radius 2 is 1.88 bits per heavy atom. The lowest BCUT2D eigenvalue weighted by Gasteiger charge is -2.10. The molecule has 1 heterocycles. The number of H-pyrrole nitrogens is 1. The number of aromatic nitrogens is 1. The van der Waals surface area contributed by atoms with Crippen molar-refractivity contribution in [1.29, 1.82) is 0 Å². The highest BCUT2D eigenvalue weighted by atomic mass is 19.1. The molecular formula is C19H21FN4. The van der Waals surface area contributed by atoms with E-state index < -0.39 is 0 Å². The molecule has 0 bridgehead atoms. The number of hydrogen-bond donors (Lipinski definition) is 3. The van der Waals surface area contributed by atoms with Gasteiger partial charge in [0.25, 0.3) is 0 Å². The molecule has 5 heteroatoms. The second-order valence-corrected chi connectivity index (χ2v) is 5.52. The van der Waals surface area contributed by atoms with Gasteiger partial charge in [-0.1, -0.05) is 36.4 Å². The van der Waals surface area contributed by atoms with Crippen LogP contribution in [0.15, 0.2) is 59.6 Å². The van der Waals surface area contributed by atoms with E-state index >= 15 is 0 Å². The van der Waals surface area contributed by atoms with Gasteiger partial charge >= 0.3 is 0 Å². The number of halogens is 1. The van der Waals surface area contributed by atoms with Crippen molar-refractivity contribution in [3.8, 4) is 0 Å². The van der Waals surface area contributed by atoms with Crippen molar-refractivity contribution in [2.75, 3.05) is 6.54 Å². The summed E-state index contributed by atoms with van der Waals surface area (Å²) in [5, 5.41) is 7.63. The first-order chi connectivity index (χ1) is 11.8. The normalized spacial score (nSPS) is 11.7. The second kappa shape index (κ2) is 7.64. The topological polar surface area (TPSA) is 52.2 Å². The molecule has 1 aromatic heterocycles. The summed E-state index contributed by atoms with van der Waals surface area (Å²) >= 11 is 0. The van der Waals surface area contributed by atoms with E-state index in [1.54, 1.807) is 12.1 Å². The quantitative estimate of drug-likeness (QED) is 0.496. The van der Waals surface area contributed by atoms with Crippen LogP contribution in [0.4, 0.5) is 4.39 Å². The lowest BCUT2D eigenvalue weighted by molar-refractivity contribution is 0.610. The lowest BCUT2D eigenvalue weighted by Crippen LogP contribution is -2.36. The molecule has 0 saturated carbocycles. The number of para-hydroxylation sites is 1. The summed E-state index contributed by atoms with van der Waals surface area (Å²) < 4.78 is 13.7. The molecule has 0 saturated heterocycles. The first-order valence-corrected chi connectivity index (χ1v) is 8.08. The number of guanidine groups is 1. The van der Waals surface area contributed by atoms with Crippen LogP contribution >= 0.6 is 0 Å². The maximum absolute atomic E-state index is 13.7. The van der Waals surface area contributed by atoms with Crippen LogP contribution in [0.3, 0.4) is 0 Å². The summed E-state index contributed by atoms with van der Waals surface area (Å²) in [6.45, 7) is 3.67. The third-order valence-corrected chi connectivity index (χ3v) is 3.74. The monoisotopic (exact) mass is 324 g/mol. The molecule has 3 aromatic rings. The third kappa shape index (κ3) is 3.93. The van der Waals surface area contributed by atoms with E-state index in [1.807, 2.05) is 25.1 Å². The van der Waals surface area contributed by atoms with Crippen LogP contribution in [-0.2, 0) is 13.1 Å². The van der Waals surface area contributed by atoms with Gasteiger partial charge < -0.3 is 15.6 Å². The van der Waals surface area contributed by atoms with Crippen molar-refractivity contribution in [3.63, 3.8) is 0 Å². The molecule has 0 amide bonds. The molecule has 2 aromatic carbocycles. The van der Waals surface area contributed by atoms with E-state index in [0.717, 1.165) is 17.8 Å². The smallest absolute Gasteiger partial charge is 0.191 e. The van der Waals surface area contributed by atoms with Gasteiger partial charge in [-0.05, 0) is 30.5 Å². The molecule has 3 N–H and O–H groups in total. The van der Waals surface area contributed by atoms with Crippen molar-refractivity contribution in [1.82, 2.24) is 15.6 Å². The van der Waals surface area contributed by atoms with Gasteiger partial charge in [0.1, 0.15) is 5.82 Å². The maximum Gasteiger partial charge on any atom is 0.191 e.